The molecule has 0 saturated carbocycles. The van der Waals surface area contributed by atoms with Gasteiger partial charge in [0.05, 0.1) is 0 Å². The van der Waals surface area contributed by atoms with E-state index >= 15 is 0 Å². The normalized spacial score (nSPS) is 12.9. The summed E-state index contributed by atoms with van der Waals surface area (Å²) in [4.78, 5) is 11.9. The monoisotopic (exact) mass is 265 g/mol. The molecule has 4 nitrogen and oxygen atoms in total. The van der Waals surface area contributed by atoms with Crippen molar-refractivity contribution < 1.29 is 14.6 Å². The van der Waals surface area contributed by atoms with Crippen molar-refractivity contribution >= 4 is 5.91 Å². The molecule has 19 heavy (non-hydrogen) atoms. The van der Waals surface area contributed by atoms with Gasteiger partial charge in [-0.1, -0.05) is 18.2 Å². The first-order valence-corrected chi connectivity index (χ1v) is 6.51. The molecule has 1 aromatic carbocycles. The van der Waals surface area contributed by atoms with Gasteiger partial charge >= 0.3 is 0 Å². The number of benzene rings is 1. The maximum absolute atomic E-state index is 11.9. The Kier molecular flexibility index (Phi) is 5.36. The summed E-state index contributed by atoms with van der Waals surface area (Å²) in [5, 5.41) is 11.9. The summed E-state index contributed by atoms with van der Waals surface area (Å²) in [6.45, 7) is 7.56. The Labute approximate surface area is 114 Å². The second kappa shape index (κ2) is 6.57. The number of rotatable bonds is 5. The average Bonchev–Trinajstić information content (AvgIpc) is 2.29. The third kappa shape index (κ3) is 5.30. The minimum atomic E-state index is -0.570. The van der Waals surface area contributed by atoms with E-state index in [1.807, 2.05) is 45.0 Å². The van der Waals surface area contributed by atoms with Crippen LogP contribution >= 0.6 is 0 Å². The van der Waals surface area contributed by atoms with Crippen LogP contribution in [0.15, 0.2) is 24.3 Å². The van der Waals surface area contributed by atoms with Crippen LogP contribution in [0, 0.1) is 0 Å². The van der Waals surface area contributed by atoms with Crippen molar-refractivity contribution in [3.05, 3.63) is 29.8 Å². The van der Waals surface area contributed by atoms with Crippen LogP contribution in [0.4, 0.5) is 0 Å². The molecule has 0 aliphatic rings. The van der Waals surface area contributed by atoms with Crippen LogP contribution in [0.5, 0.6) is 5.75 Å². The lowest BCUT2D eigenvalue weighted by molar-refractivity contribution is -0.128. The fourth-order valence-corrected chi connectivity index (χ4v) is 1.66. The standard InChI is InChI=1S/C15H23NO3/c1-11(14(18)16-15(2,3)4)19-13-8-6-5-7-12(13)9-10-17/h5-8,11,17H,9-10H2,1-4H3,(H,16,18). The summed E-state index contributed by atoms with van der Waals surface area (Å²) in [5.41, 5.74) is 0.625. The highest BCUT2D eigenvalue weighted by atomic mass is 16.5. The zero-order valence-electron chi connectivity index (χ0n) is 12.1. The Morgan fingerprint density at radius 1 is 1.37 bits per heavy atom. The number of amides is 1. The van der Waals surface area contributed by atoms with Crippen LogP contribution < -0.4 is 10.1 Å². The van der Waals surface area contributed by atoms with Gasteiger partial charge in [0.2, 0.25) is 0 Å². The molecule has 0 bridgehead atoms. The van der Waals surface area contributed by atoms with E-state index in [9.17, 15) is 4.79 Å². The highest BCUT2D eigenvalue weighted by molar-refractivity contribution is 5.81. The van der Waals surface area contributed by atoms with E-state index in [1.165, 1.54) is 0 Å². The molecule has 106 valence electrons. The summed E-state index contributed by atoms with van der Waals surface area (Å²) in [6.07, 6.45) is -0.0527. The van der Waals surface area contributed by atoms with E-state index in [2.05, 4.69) is 5.32 Å². The lowest BCUT2D eigenvalue weighted by atomic mass is 10.1. The van der Waals surface area contributed by atoms with Gasteiger partial charge < -0.3 is 15.2 Å². The number of hydrogen-bond acceptors (Lipinski definition) is 3. The molecule has 0 heterocycles. The Bertz CT molecular complexity index is 424. The minimum absolute atomic E-state index is 0.0585. The minimum Gasteiger partial charge on any atom is -0.481 e. The van der Waals surface area contributed by atoms with Gasteiger partial charge in [-0.3, -0.25) is 4.79 Å². The van der Waals surface area contributed by atoms with Crippen molar-refractivity contribution in [1.29, 1.82) is 0 Å². The van der Waals surface area contributed by atoms with Gasteiger partial charge in [0.15, 0.2) is 6.10 Å². The zero-order chi connectivity index (χ0) is 14.5. The molecule has 1 aromatic rings. The zero-order valence-corrected chi connectivity index (χ0v) is 12.1. The molecule has 4 heteroatoms. The number of para-hydroxylation sites is 1. The second-order valence-electron chi connectivity index (χ2n) is 5.58. The van der Waals surface area contributed by atoms with Crippen molar-refractivity contribution in [3.8, 4) is 5.75 Å². The first-order valence-electron chi connectivity index (χ1n) is 6.51. The quantitative estimate of drug-likeness (QED) is 0.855. The van der Waals surface area contributed by atoms with E-state index in [0.29, 0.717) is 12.2 Å². The van der Waals surface area contributed by atoms with Crippen LogP contribution in [0.25, 0.3) is 0 Å². The molecule has 0 saturated heterocycles. The van der Waals surface area contributed by atoms with Gasteiger partial charge in [0.25, 0.3) is 5.91 Å². The number of aliphatic hydroxyl groups is 1. The topological polar surface area (TPSA) is 58.6 Å². The number of aliphatic hydroxyl groups excluding tert-OH is 1. The van der Waals surface area contributed by atoms with Gasteiger partial charge in [0, 0.05) is 12.1 Å². The predicted octanol–water partition coefficient (Wildman–Crippen LogP) is 1.90. The summed E-state index contributed by atoms with van der Waals surface area (Å²) < 4.78 is 5.68. The predicted molar refractivity (Wildman–Crippen MR) is 75.2 cm³/mol. The van der Waals surface area contributed by atoms with Crippen LogP contribution in [-0.4, -0.2) is 29.3 Å². The van der Waals surface area contributed by atoms with Crippen LogP contribution in [0.3, 0.4) is 0 Å². The lowest BCUT2D eigenvalue weighted by Gasteiger charge is -2.24. The Hall–Kier alpha value is -1.55. The van der Waals surface area contributed by atoms with E-state index in [4.69, 9.17) is 9.84 Å². The SMILES string of the molecule is CC(Oc1ccccc1CCO)C(=O)NC(C)(C)C. The second-order valence-corrected chi connectivity index (χ2v) is 5.58. The summed E-state index contributed by atoms with van der Waals surface area (Å²) in [7, 11) is 0. The fraction of sp³-hybridized carbons (Fsp3) is 0.533. The van der Waals surface area contributed by atoms with Crippen LogP contribution in [-0.2, 0) is 11.2 Å². The molecular weight excluding hydrogens is 242 g/mol. The number of ether oxygens (including phenoxy) is 1. The number of carbonyl (C=O) groups excluding carboxylic acids is 1. The maximum Gasteiger partial charge on any atom is 0.261 e. The molecule has 1 atom stereocenters. The highest BCUT2D eigenvalue weighted by Gasteiger charge is 2.21. The van der Waals surface area contributed by atoms with E-state index in [0.717, 1.165) is 5.56 Å². The molecule has 0 aliphatic carbocycles. The first kappa shape index (κ1) is 15.5. The highest BCUT2D eigenvalue weighted by Crippen LogP contribution is 2.20. The van der Waals surface area contributed by atoms with Crippen LogP contribution in [0.1, 0.15) is 33.3 Å². The fourth-order valence-electron chi connectivity index (χ4n) is 1.66. The van der Waals surface area contributed by atoms with Crippen molar-refractivity contribution in [2.45, 2.75) is 45.8 Å². The lowest BCUT2D eigenvalue weighted by Crippen LogP contribution is -2.46. The molecular formula is C15H23NO3. The van der Waals surface area contributed by atoms with E-state index in [1.54, 1.807) is 6.92 Å². The smallest absolute Gasteiger partial charge is 0.261 e. The number of hydrogen-bond donors (Lipinski definition) is 2. The van der Waals surface area contributed by atoms with Gasteiger partial charge in [0.1, 0.15) is 5.75 Å². The van der Waals surface area contributed by atoms with Crippen molar-refractivity contribution in [3.63, 3.8) is 0 Å². The van der Waals surface area contributed by atoms with E-state index < -0.39 is 6.10 Å². The van der Waals surface area contributed by atoms with Gasteiger partial charge in [-0.05, 0) is 45.7 Å². The molecule has 0 radical (unpaired) electrons. The number of nitrogens with one attached hydrogen (secondary N) is 1. The summed E-state index contributed by atoms with van der Waals surface area (Å²) in [6, 6.07) is 7.44. The number of carbonyl (C=O) groups is 1. The third-order valence-electron chi connectivity index (χ3n) is 2.52. The molecule has 0 aromatic heterocycles. The molecule has 0 aliphatic heterocycles. The molecule has 0 fully saturated rings. The van der Waals surface area contributed by atoms with Crippen LogP contribution in [0.2, 0.25) is 0 Å². The Morgan fingerprint density at radius 3 is 2.58 bits per heavy atom. The van der Waals surface area contributed by atoms with E-state index in [-0.39, 0.29) is 18.1 Å². The summed E-state index contributed by atoms with van der Waals surface area (Å²) in [5.74, 6) is 0.499. The molecule has 1 unspecified atom stereocenters. The first-order chi connectivity index (χ1) is 8.83. The maximum atomic E-state index is 11.9. The Balaban J connectivity index is 2.71. The third-order valence-corrected chi connectivity index (χ3v) is 2.52. The largest absolute Gasteiger partial charge is 0.481 e. The molecule has 2 N–H and O–H groups in total. The van der Waals surface area contributed by atoms with Gasteiger partial charge in [-0.2, -0.15) is 0 Å². The molecule has 1 rings (SSSR count). The summed E-state index contributed by atoms with van der Waals surface area (Å²) >= 11 is 0. The van der Waals surface area contributed by atoms with Crippen molar-refractivity contribution in [2.24, 2.45) is 0 Å². The Morgan fingerprint density at radius 2 is 2.00 bits per heavy atom. The average molecular weight is 265 g/mol. The molecule has 0 spiro atoms. The van der Waals surface area contributed by atoms with Gasteiger partial charge in [-0.25, -0.2) is 0 Å². The van der Waals surface area contributed by atoms with Gasteiger partial charge in [-0.15, -0.1) is 0 Å². The van der Waals surface area contributed by atoms with Crippen molar-refractivity contribution in [1.82, 2.24) is 5.32 Å². The molecule has 1 amide bonds. The van der Waals surface area contributed by atoms with Crippen molar-refractivity contribution in [2.75, 3.05) is 6.61 Å².